The summed E-state index contributed by atoms with van der Waals surface area (Å²) in [4.78, 5) is -0.406. The average molecular weight is 932 g/mol. The summed E-state index contributed by atoms with van der Waals surface area (Å²) in [5.74, 6) is -2.29. The van der Waals surface area contributed by atoms with Crippen LogP contribution in [0.5, 0.6) is 11.5 Å². The van der Waals surface area contributed by atoms with Crippen molar-refractivity contribution in [1.29, 1.82) is 0 Å². The Labute approximate surface area is 407 Å². The first-order valence-corrected chi connectivity index (χ1v) is 21.4. The second-order valence-electron chi connectivity index (χ2n) is 10.6. The molecule has 0 spiro atoms. The Hall–Kier alpha value is -1.03. The number of methoxy groups -OCH3 is 1. The summed E-state index contributed by atoms with van der Waals surface area (Å²) in [6, 6.07) is 13.0. The first kappa shape index (κ1) is 55.0. The third kappa shape index (κ3) is 15.7. The molecule has 58 heavy (non-hydrogen) atoms. The van der Waals surface area contributed by atoms with Crippen molar-refractivity contribution in [3.63, 3.8) is 0 Å². The topological polar surface area (TPSA) is 309 Å². The Morgan fingerprint density at radius 3 is 2.10 bits per heavy atom. The Kier molecular flexibility index (Phi) is 24.5. The van der Waals surface area contributed by atoms with E-state index in [1.807, 2.05) is 0 Å². The van der Waals surface area contributed by atoms with Gasteiger partial charge in [-0.2, -0.15) is 9.45 Å². The number of fused-ring (bicyclic) bond motifs is 1. The maximum Gasteiger partial charge on any atom is 1.00 e. The molecule has 2 N–H and O–H groups in total. The van der Waals surface area contributed by atoms with Crippen molar-refractivity contribution in [3.8, 4) is 11.5 Å². The van der Waals surface area contributed by atoms with Gasteiger partial charge in [-0.1, -0.05) is 13.0 Å². The zero-order chi connectivity index (χ0) is 40.2. The van der Waals surface area contributed by atoms with Crippen LogP contribution in [0.1, 0.15) is 13.3 Å². The Morgan fingerprint density at radius 2 is 1.45 bits per heavy atom. The maximum absolute atomic E-state index is 12.9. The number of phenolic OH excluding ortho intramolecular Hbond substituents is 1. The van der Waals surface area contributed by atoms with E-state index >= 15 is 0 Å². The van der Waals surface area contributed by atoms with Crippen molar-refractivity contribution < 1.29 is 162 Å². The van der Waals surface area contributed by atoms with Crippen LogP contribution in [0.15, 0.2) is 95.8 Å². The summed E-state index contributed by atoms with van der Waals surface area (Å²) in [5.41, 5.74) is -0.601. The average Bonchev–Trinajstić information content (AvgIpc) is 3.14. The monoisotopic (exact) mass is 931 g/mol. The Bertz CT molecular complexity index is 2400. The summed E-state index contributed by atoms with van der Waals surface area (Å²) in [6.07, 6.45) is 0.365. The van der Waals surface area contributed by atoms with Gasteiger partial charge >= 0.3 is 88.7 Å². The first-order chi connectivity index (χ1) is 26.1. The molecule has 0 aromatic heterocycles. The fraction of sp³-hybridized carbons (Fsp3) is 0.241. The Morgan fingerprint density at radius 1 is 0.776 bits per heavy atom. The number of anilines is 1. The van der Waals surface area contributed by atoms with E-state index in [4.69, 9.17) is 8.92 Å². The number of hydrogen-bond acceptors (Lipinski definition) is 23. The van der Waals surface area contributed by atoms with Crippen LogP contribution >= 0.6 is 24.4 Å². The number of aromatic hydroxyl groups is 1. The van der Waals surface area contributed by atoms with E-state index in [9.17, 15) is 45.4 Å². The van der Waals surface area contributed by atoms with Crippen molar-refractivity contribution in [2.24, 2.45) is 20.5 Å². The molecule has 0 heterocycles. The van der Waals surface area contributed by atoms with E-state index in [1.54, 1.807) is 6.92 Å². The number of ether oxygens (including phenoxy) is 1. The number of nitrogens with one attached hydrogen (secondary N) is 1. The Balaban J connectivity index is 0.00000561. The molecule has 0 unspecified atom stereocenters. The standard InChI is InChI=1S/C29H31N5O16S5.3Na/c1-3-12-53(38,39)19-6-4-5-18(14-19)31-33-27-22-16-26(51-49-47-36)28(29(35)21(22)8-9-23(27)30-17-55(42,43)44)34-32-24-15-20(7-10-25(24)45-2)54(40,41)13-11-46-52-50-48-37;;;/h4-10,14-16,30,35-37H,3,11-13,17H2,1-2H3,(H,42,43,44);;;/q;3*+1/p-3. The van der Waals surface area contributed by atoms with Gasteiger partial charge in [-0.3, -0.25) is 14.3 Å². The van der Waals surface area contributed by atoms with E-state index in [0.717, 1.165) is 6.07 Å². The predicted octanol–water partition coefficient (Wildman–Crippen LogP) is -4.70. The fourth-order valence-corrected chi connectivity index (χ4v) is 8.24. The van der Waals surface area contributed by atoms with Crippen LogP contribution in [-0.2, 0) is 52.7 Å². The third-order valence-electron chi connectivity index (χ3n) is 7.02. The van der Waals surface area contributed by atoms with E-state index in [1.165, 1.54) is 61.7 Å². The summed E-state index contributed by atoms with van der Waals surface area (Å²) in [6.45, 7) is 1.31. The molecule has 29 heteroatoms. The molecule has 0 aliphatic carbocycles. The van der Waals surface area contributed by atoms with Crippen LogP contribution in [0, 0.1) is 0 Å². The molecule has 0 aliphatic heterocycles. The SMILES string of the molecule is CCCS(=O)(=O)c1cccc(N=Nc2c(NCS(=O)(=O)[O-])ccc3c(O)c(N=Nc4cc(S(=O)(=O)CCOSOO[O-])ccc4OC)c(SOO[O-])cc23)c1.[Na+].[Na+].[Na+]. The van der Waals surface area contributed by atoms with Crippen LogP contribution in [0.4, 0.5) is 28.4 Å². The van der Waals surface area contributed by atoms with E-state index in [0.29, 0.717) is 6.42 Å². The molecule has 0 fully saturated rings. The van der Waals surface area contributed by atoms with Crippen molar-refractivity contribution in [1.82, 2.24) is 0 Å². The van der Waals surface area contributed by atoms with Gasteiger partial charge < -0.3 is 30.2 Å². The number of sulfone groups is 2. The van der Waals surface area contributed by atoms with Gasteiger partial charge in [0.25, 0.3) is 0 Å². The van der Waals surface area contributed by atoms with E-state index in [2.05, 4.69) is 44.5 Å². The normalized spacial score (nSPS) is 11.9. The zero-order valence-electron chi connectivity index (χ0n) is 31.2. The molecule has 0 amide bonds. The molecule has 4 aromatic carbocycles. The molecule has 4 rings (SSSR count). The number of hydrogen-bond donors (Lipinski definition) is 2. The second kappa shape index (κ2) is 25.8. The van der Waals surface area contributed by atoms with Gasteiger partial charge in [0.15, 0.2) is 37.7 Å². The molecule has 0 radical (unpaired) electrons. The van der Waals surface area contributed by atoms with Gasteiger partial charge in [0.05, 0.1) is 63.3 Å². The van der Waals surface area contributed by atoms with Crippen molar-refractivity contribution in [2.75, 3.05) is 36.4 Å². The first-order valence-electron chi connectivity index (χ1n) is 15.1. The van der Waals surface area contributed by atoms with Crippen LogP contribution in [0.3, 0.4) is 0 Å². The van der Waals surface area contributed by atoms with Crippen LogP contribution in [-0.4, -0.2) is 66.0 Å². The molecule has 0 saturated carbocycles. The van der Waals surface area contributed by atoms with Gasteiger partial charge in [-0.25, -0.2) is 25.3 Å². The number of azo groups is 2. The predicted molar refractivity (Wildman–Crippen MR) is 190 cm³/mol. The van der Waals surface area contributed by atoms with Gasteiger partial charge in [0, 0.05) is 10.8 Å². The quantitative estimate of drug-likeness (QED) is 0.0151. The number of phenols is 1. The van der Waals surface area contributed by atoms with Gasteiger partial charge in [-0.05, 0) is 61.0 Å². The fourth-order valence-electron chi connectivity index (χ4n) is 4.64. The molecule has 0 aliphatic rings. The molecular weight excluding hydrogens is 904 g/mol. The molecule has 298 valence electrons. The molecule has 0 saturated heterocycles. The summed E-state index contributed by atoms with van der Waals surface area (Å²) >= 11 is 0.397. The van der Waals surface area contributed by atoms with Crippen molar-refractivity contribution in [2.45, 2.75) is 28.0 Å². The molecular formula is C29H28N5Na3O16S5. The third-order valence-corrected chi connectivity index (χ3v) is 12.1. The van der Waals surface area contributed by atoms with Crippen LogP contribution in [0.25, 0.3) is 10.8 Å². The van der Waals surface area contributed by atoms with Crippen molar-refractivity contribution in [3.05, 3.63) is 60.7 Å². The zero-order valence-corrected chi connectivity index (χ0v) is 41.3. The number of benzene rings is 4. The van der Waals surface area contributed by atoms with Gasteiger partial charge in [0.2, 0.25) is 0 Å². The maximum atomic E-state index is 12.9. The molecule has 0 bridgehead atoms. The van der Waals surface area contributed by atoms with Crippen LogP contribution < -0.4 is 109 Å². The molecule has 21 nitrogen and oxygen atoms in total. The second-order valence-corrected chi connectivity index (χ2v) is 17.5. The van der Waals surface area contributed by atoms with Crippen LogP contribution in [0.2, 0.25) is 0 Å². The van der Waals surface area contributed by atoms with Gasteiger partial charge in [-0.15, -0.1) is 19.7 Å². The number of rotatable bonds is 21. The van der Waals surface area contributed by atoms with Crippen molar-refractivity contribution >= 4 is 93.4 Å². The van der Waals surface area contributed by atoms with E-state index < -0.39 is 53.8 Å². The minimum atomic E-state index is -4.81. The smallest absolute Gasteiger partial charge is 0.747 e. The summed E-state index contributed by atoms with van der Waals surface area (Å²) in [5, 5.41) is 57.7. The molecule has 4 aromatic rings. The minimum absolute atomic E-state index is 0. The minimum Gasteiger partial charge on any atom is -0.747 e. The molecule has 0 atom stereocenters. The largest absolute Gasteiger partial charge is 1.00 e. The van der Waals surface area contributed by atoms with E-state index in [-0.39, 0.29) is 178 Å². The number of nitrogens with zero attached hydrogens (tertiary/aromatic N) is 4. The van der Waals surface area contributed by atoms with Gasteiger partial charge in [0.1, 0.15) is 38.8 Å². The summed E-state index contributed by atoms with van der Waals surface area (Å²) in [7, 11) is -11.2. The summed E-state index contributed by atoms with van der Waals surface area (Å²) < 4.78 is 104.